The average molecular weight is 713 g/mol. The molecule has 0 radical (unpaired) electrons. The third kappa shape index (κ3) is 4.24. The van der Waals surface area contributed by atoms with Crippen molar-refractivity contribution >= 4 is 55.1 Å². The fourth-order valence-corrected chi connectivity index (χ4v) is 10.2. The Kier molecular flexibility index (Phi) is 6.71. The van der Waals surface area contributed by atoms with Crippen LogP contribution in [0.15, 0.2) is 200 Å². The summed E-state index contributed by atoms with van der Waals surface area (Å²) in [5.74, 6) is 0. The SMILES string of the molecule is C1=C\CC/C=C2/C(=C/1)C1(c3ccccc32)c2ccccc2-c2c(N(c3cccc(-c4ccccc4)c3)c3ccc4ccc5cccc6cnc3c4c56)cccc21. The Balaban J connectivity index is 1.20. The smallest absolute Gasteiger partial charge is 0.0955 e. The maximum atomic E-state index is 5.31. The van der Waals surface area contributed by atoms with Crippen LogP contribution in [0.3, 0.4) is 0 Å². The number of rotatable bonds is 4. The van der Waals surface area contributed by atoms with Crippen molar-refractivity contribution in [1.29, 1.82) is 0 Å². The van der Waals surface area contributed by atoms with Crippen LogP contribution in [0.1, 0.15) is 35.1 Å². The molecule has 0 amide bonds. The molecule has 1 aromatic heterocycles. The van der Waals surface area contributed by atoms with Crippen molar-refractivity contribution < 1.29 is 0 Å². The number of pyridine rings is 1. The first-order chi connectivity index (χ1) is 27.8. The van der Waals surface area contributed by atoms with Gasteiger partial charge in [0.2, 0.25) is 0 Å². The lowest BCUT2D eigenvalue weighted by atomic mass is 9.70. The lowest BCUT2D eigenvalue weighted by Crippen LogP contribution is -2.26. The van der Waals surface area contributed by atoms with E-state index in [1.54, 1.807) is 0 Å². The second-order valence-corrected chi connectivity index (χ2v) is 15.3. The Labute approximate surface area is 326 Å². The van der Waals surface area contributed by atoms with Crippen molar-refractivity contribution in [2.24, 2.45) is 0 Å². The summed E-state index contributed by atoms with van der Waals surface area (Å²) in [5.41, 5.74) is 16.8. The van der Waals surface area contributed by atoms with Crippen LogP contribution in [0.4, 0.5) is 17.1 Å². The number of allylic oxidation sites excluding steroid dienone is 6. The molecule has 3 aliphatic carbocycles. The highest BCUT2D eigenvalue weighted by molar-refractivity contribution is 6.24. The predicted molar refractivity (Wildman–Crippen MR) is 234 cm³/mol. The van der Waals surface area contributed by atoms with Crippen LogP contribution in [-0.2, 0) is 5.41 Å². The van der Waals surface area contributed by atoms with Gasteiger partial charge in [0.05, 0.1) is 22.3 Å². The van der Waals surface area contributed by atoms with Crippen molar-refractivity contribution in [2.45, 2.75) is 18.3 Å². The van der Waals surface area contributed by atoms with Crippen molar-refractivity contribution in [1.82, 2.24) is 4.98 Å². The van der Waals surface area contributed by atoms with Gasteiger partial charge in [-0.3, -0.25) is 4.98 Å². The minimum atomic E-state index is -0.454. The van der Waals surface area contributed by atoms with Crippen LogP contribution >= 0.6 is 0 Å². The van der Waals surface area contributed by atoms with Crippen LogP contribution in [0.5, 0.6) is 0 Å². The van der Waals surface area contributed by atoms with Crippen LogP contribution in [-0.4, -0.2) is 4.98 Å². The van der Waals surface area contributed by atoms with Gasteiger partial charge in [0, 0.05) is 33.6 Å². The zero-order valence-electron chi connectivity index (χ0n) is 30.8. The molecule has 2 nitrogen and oxygen atoms in total. The van der Waals surface area contributed by atoms with Gasteiger partial charge in [0.25, 0.3) is 0 Å². The monoisotopic (exact) mass is 712 g/mol. The van der Waals surface area contributed by atoms with E-state index in [1.807, 2.05) is 0 Å². The molecule has 12 rings (SSSR count). The summed E-state index contributed by atoms with van der Waals surface area (Å²) in [6.45, 7) is 0. The second kappa shape index (κ2) is 12.0. The lowest BCUT2D eigenvalue weighted by molar-refractivity contribution is 0.793. The molecule has 1 heterocycles. The minimum absolute atomic E-state index is 0.454. The molecule has 0 saturated carbocycles. The van der Waals surface area contributed by atoms with Gasteiger partial charge in [0.1, 0.15) is 0 Å². The largest absolute Gasteiger partial charge is 0.308 e. The Morgan fingerprint density at radius 1 is 0.518 bits per heavy atom. The quantitative estimate of drug-likeness (QED) is 0.169. The molecule has 0 aliphatic heterocycles. The number of anilines is 3. The molecule has 0 N–H and O–H groups in total. The zero-order chi connectivity index (χ0) is 36.8. The van der Waals surface area contributed by atoms with E-state index < -0.39 is 5.41 Å². The molecule has 1 unspecified atom stereocenters. The summed E-state index contributed by atoms with van der Waals surface area (Å²) in [5, 5.41) is 6.07. The summed E-state index contributed by atoms with van der Waals surface area (Å²) in [6.07, 6.45) is 13.6. The van der Waals surface area contributed by atoms with E-state index in [0.29, 0.717) is 0 Å². The fraction of sp³-hybridized carbons (Fsp3) is 0.0556. The van der Waals surface area contributed by atoms with E-state index in [-0.39, 0.29) is 0 Å². The highest BCUT2D eigenvalue weighted by atomic mass is 15.2. The molecule has 0 fully saturated rings. The summed E-state index contributed by atoms with van der Waals surface area (Å²) in [7, 11) is 0. The molecular formula is C54H36N2. The third-order valence-corrected chi connectivity index (χ3v) is 12.5. The van der Waals surface area contributed by atoms with Crippen LogP contribution in [0.25, 0.3) is 60.3 Å². The highest BCUT2D eigenvalue weighted by Gasteiger charge is 2.54. The zero-order valence-corrected chi connectivity index (χ0v) is 30.8. The number of fused-ring (bicyclic) bond motifs is 10. The maximum absolute atomic E-state index is 5.31. The van der Waals surface area contributed by atoms with Gasteiger partial charge < -0.3 is 4.90 Å². The average Bonchev–Trinajstić information content (AvgIpc) is 3.70. The summed E-state index contributed by atoms with van der Waals surface area (Å²) in [4.78, 5) is 7.80. The van der Waals surface area contributed by atoms with Crippen LogP contribution < -0.4 is 4.90 Å². The fourth-order valence-electron chi connectivity index (χ4n) is 10.2. The Hall–Kier alpha value is -7.03. The molecule has 262 valence electrons. The molecule has 8 aromatic carbocycles. The molecule has 1 spiro atoms. The molecule has 3 aliphatic rings. The third-order valence-electron chi connectivity index (χ3n) is 12.5. The first-order valence-corrected chi connectivity index (χ1v) is 19.7. The number of aromatic nitrogens is 1. The van der Waals surface area contributed by atoms with E-state index in [2.05, 4.69) is 199 Å². The van der Waals surface area contributed by atoms with E-state index >= 15 is 0 Å². The molecule has 9 aromatic rings. The van der Waals surface area contributed by atoms with Gasteiger partial charge >= 0.3 is 0 Å². The Morgan fingerprint density at radius 2 is 1.21 bits per heavy atom. The van der Waals surface area contributed by atoms with Crippen LogP contribution in [0.2, 0.25) is 0 Å². The summed E-state index contributed by atoms with van der Waals surface area (Å²) < 4.78 is 0. The van der Waals surface area contributed by atoms with Crippen molar-refractivity contribution in [3.63, 3.8) is 0 Å². The standard InChI is InChI=1S/C54H36N2/c1-2-7-24-44-41(21-6-1)42-22-8-10-25-45(42)54(44)46-26-11-9-23-43(46)52-47(54)27-14-28-48(52)56(40-20-13-18-38(33-40)35-15-4-3-5-16-35)49-32-31-37-30-29-36-17-12-19-39-34-55-53(49)51(37)50(36)39/h2-5,7-34H,1,6H2/b7-2-,41-21+,44-24-. The topological polar surface area (TPSA) is 16.1 Å². The van der Waals surface area contributed by atoms with Gasteiger partial charge in [-0.2, -0.15) is 0 Å². The first kappa shape index (κ1) is 31.3. The molecule has 2 heteroatoms. The molecule has 56 heavy (non-hydrogen) atoms. The van der Waals surface area contributed by atoms with E-state index in [1.165, 1.54) is 77.2 Å². The van der Waals surface area contributed by atoms with Gasteiger partial charge in [-0.05, 0) is 98.0 Å². The Morgan fingerprint density at radius 3 is 2.11 bits per heavy atom. The minimum Gasteiger partial charge on any atom is -0.308 e. The molecule has 0 saturated heterocycles. The normalized spacial score (nSPS) is 19.1. The van der Waals surface area contributed by atoms with Gasteiger partial charge in [-0.1, -0.05) is 164 Å². The predicted octanol–water partition coefficient (Wildman–Crippen LogP) is 14.1. The second-order valence-electron chi connectivity index (χ2n) is 15.3. The molecular weight excluding hydrogens is 677 g/mol. The van der Waals surface area contributed by atoms with Gasteiger partial charge in [-0.25, -0.2) is 0 Å². The lowest BCUT2D eigenvalue weighted by Gasteiger charge is -2.32. The highest BCUT2D eigenvalue weighted by Crippen LogP contribution is 2.65. The number of nitrogens with zero attached hydrogens (tertiary/aromatic N) is 2. The molecule has 1 atom stereocenters. The van der Waals surface area contributed by atoms with Crippen LogP contribution in [0, 0.1) is 0 Å². The van der Waals surface area contributed by atoms with Crippen molar-refractivity contribution in [2.75, 3.05) is 4.90 Å². The van der Waals surface area contributed by atoms with Gasteiger partial charge in [0.15, 0.2) is 0 Å². The van der Waals surface area contributed by atoms with E-state index in [4.69, 9.17) is 4.98 Å². The maximum Gasteiger partial charge on any atom is 0.0955 e. The number of hydrogen-bond donors (Lipinski definition) is 0. The summed E-state index contributed by atoms with van der Waals surface area (Å²) in [6, 6.07) is 60.6. The van der Waals surface area contributed by atoms with Gasteiger partial charge in [-0.15, -0.1) is 0 Å². The van der Waals surface area contributed by atoms with Crippen molar-refractivity contribution in [3.05, 3.63) is 222 Å². The first-order valence-electron chi connectivity index (χ1n) is 19.7. The van der Waals surface area contributed by atoms with E-state index in [9.17, 15) is 0 Å². The summed E-state index contributed by atoms with van der Waals surface area (Å²) >= 11 is 0. The van der Waals surface area contributed by atoms with E-state index in [0.717, 1.165) is 40.8 Å². The Bertz CT molecular complexity index is 3130. The number of benzene rings is 8. The van der Waals surface area contributed by atoms with Crippen molar-refractivity contribution in [3.8, 4) is 22.3 Å². The number of hydrogen-bond acceptors (Lipinski definition) is 2. The molecule has 0 bridgehead atoms.